The Bertz CT molecular complexity index is 82.5. The van der Waals surface area contributed by atoms with Gasteiger partial charge in [-0.15, -0.1) is 0 Å². The van der Waals surface area contributed by atoms with E-state index in [9.17, 15) is 4.79 Å². The maximum absolute atomic E-state index is 10.3. The van der Waals surface area contributed by atoms with Crippen LogP contribution in [0.4, 0.5) is 0 Å². The number of hydrogen-bond donors (Lipinski definition) is 0. The lowest BCUT2D eigenvalue weighted by atomic mass is 10.4. The Labute approximate surface area is 63.4 Å². The molecule has 0 N–H and O–H groups in total. The summed E-state index contributed by atoms with van der Waals surface area (Å²) in [4.78, 5) is 12.3. The van der Waals surface area contributed by atoms with Gasteiger partial charge in [-0.3, -0.25) is 4.79 Å². The maximum Gasteiger partial charge on any atom is 0.193 e. The maximum atomic E-state index is 10.3. The van der Waals surface area contributed by atoms with Gasteiger partial charge < -0.3 is 4.90 Å². The molecule has 0 saturated carbocycles. The summed E-state index contributed by atoms with van der Waals surface area (Å²) < 4.78 is 0.233. The van der Waals surface area contributed by atoms with E-state index in [0.717, 1.165) is 6.54 Å². The van der Waals surface area contributed by atoms with E-state index in [1.165, 1.54) is 0 Å². The molecule has 3 heteroatoms. The van der Waals surface area contributed by atoms with E-state index in [1.807, 2.05) is 41.6 Å². The number of rotatable bonds is 3. The fraction of sp³-hybridized carbons (Fsp3) is 0.800. The molecule has 0 aliphatic heterocycles. The van der Waals surface area contributed by atoms with Gasteiger partial charge in [0.25, 0.3) is 0 Å². The van der Waals surface area contributed by atoms with E-state index in [4.69, 9.17) is 0 Å². The number of hydrogen-bond acceptors (Lipinski definition) is 2. The summed E-state index contributed by atoms with van der Waals surface area (Å²) >= 11 is 1.81. The smallest absolute Gasteiger partial charge is 0.193 e. The third-order valence-corrected chi connectivity index (χ3v) is 1.29. The summed E-state index contributed by atoms with van der Waals surface area (Å²) in [6.07, 6.45) is 0.660. The van der Waals surface area contributed by atoms with Crippen LogP contribution in [0.15, 0.2) is 0 Å². The molecule has 0 spiro atoms. The molecule has 0 radical (unpaired) electrons. The molecule has 0 amide bonds. The van der Waals surface area contributed by atoms with Gasteiger partial charge >= 0.3 is 0 Å². The van der Waals surface area contributed by atoms with Crippen molar-refractivity contribution in [1.29, 1.82) is 0 Å². The summed E-state index contributed by atoms with van der Waals surface area (Å²) in [7, 11) is 3.92. The minimum absolute atomic E-state index is 0.233. The molecule has 0 rings (SSSR count). The van der Waals surface area contributed by atoms with Crippen molar-refractivity contribution in [3.63, 3.8) is 0 Å². The predicted molar refractivity (Wildman–Crippen MR) is 42.2 cm³/mol. The molecule has 0 heterocycles. The van der Waals surface area contributed by atoms with Crippen molar-refractivity contribution in [2.24, 2.45) is 0 Å². The highest BCUT2D eigenvalue weighted by Crippen LogP contribution is 1.92. The monoisotopic (exact) mass is 227 g/mol. The molecular formula is C5H10INO. The average molecular weight is 227 g/mol. The Hall–Kier alpha value is 0.360. The van der Waals surface area contributed by atoms with Gasteiger partial charge in [0, 0.05) is 13.0 Å². The third kappa shape index (κ3) is 6.36. The minimum Gasteiger partial charge on any atom is -0.309 e. The molecule has 48 valence electrons. The fourth-order valence-corrected chi connectivity index (χ4v) is 0.553. The lowest BCUT2D eigenvalue weighted by molar-refractivity contribution is -0.109. The molecule has 0 saturated heterocycles. The van der Waals surface area contributed by atoms with Gasteiger partial charge in [-0.2, -0.15) is 0 Å². The van der Waals surface area contributed by atoms with Crippen molar-refractivity contribution < 1.29 is 4.79 Å². The molecule has 0 aromatic rings. The zero-order valence-electron chi connectivity index (χ0n) is 5.15. The summed E-state index contributed by atoms with van der Waals surface area (Å²) in [6.45, 7) is 0.863. The third-order valence-electron chi connectivity index (χ3n) is 0.756. The first kappa shape index (κ1) is 8.36. The second-order valence-corrected chi connectivity index (χ2v) is 3.11. The second kappa shape index (κ2) is 4.26. The van der Waals surface area contributed by atoms with Gasteiger partial charge in [0.15, 0.2) is 3.79 Å². The van der Waals surface area contributed by atoms with Gasteiger partial charge in [0.05, 0.1) is 0 Å². The quantitative estimate of drug-likeness (QED) is 0.527. The number of nitrogens with zero attached hydrogens (tertiary/aromatic N) is 1. The van der Waals surface area contributed by atoms with Crippen LogP contribution in [-0.2, 0) is 4.79 Å². The molecule has 0 bridgehead atoms. The van der Waals surface area contributed by atoms with Crippen molar-refractivity contribution in [2.45, 2.75) is 6.42 Å². The van der Waals surface area contributed by atoms with E-state index in [1.54, 1.807) is 0 Å². The molecule has 0 unspecified atom stereocenters. The van der Waals surface area contributed by atoms with Crippen molar-refractivity contribution >= 4 is 26.4 Å². The molecule has 0 aromatic heterocycles. The van der Waals surface area contributed by atoms with Crippen molar-refractivity contribution in [1.82, 2.24) is 4.90 Å². The Morgan fingerprint density at radius 1 is 1.62 bits per heavy atom. The fourth-order valence-electron chi connectivity index (χ4n) is 0.312. The van der Waals surface area contributed by atoms with Crippen LogP contribution in [0.5, 0.6) is 0 Å². The second-order valence-electron chi connectivity index (χ2n) is 1.91. The van der Waals surface area contributed by atoms with Gasteiger partial charge in [-0.1, -0.05) is 0 Å². The normalized spacial score (nSPS) is 10.0. The highest BCUT2D eigenvalue weighted by Gasteiger charge is 1.94. The topological polar surface area (TPSA) is 20.3 Å². The highest BCUT2D eigenvalue weighted by atomic mass is 127. The van der Waals surface area contributed by atoms with Crippen molar-refractivity contribution in [2.75, 3.05) is 20.6 Å². The van der Waals surface area contributed by atoms with Gasteiger partial charge in [-0.25, -0.2) is 0 Å². The number of carbonyl (C=O) groups excluding carboxylic acids is 1. The van der Waals surface area contributed by atoms with E-state index < -0.39 is 0 Å². The Kier molecular flexibility index (Phi) is 4.45. The zero-order valence-corrected chi connectivity index (χ0v) is 7.31. The molecule has 0 fully saturated rings. The van der Waals surface area contributed by atoms with Crippen LogP contribution >= 0.6 is 22.6 Å². The summed E-state index contributed by atoms with van der Waals surface area (Å²) in [5.41, 5.74) is 0. The minimum atomic E-state index is 0.233. The number of halogens is 1. The molecule has 0 atom stereocenters. The largest absolute Gasteiger partial charge is 0.309 e. The molecule has 2 nitrogen and oxygen atoms in total. The van der Waals surface area contributed by atoms with Gasteiger partial charge in [-0.05, 0) is 36.7 Å². The summed E-state index contributed by atoms with van der Waals surface area (Å²) in [6, 6.07) is 0. The Morgan fingerprint density at radius 2 is 2.12 bits per heavy atom. The van der Waals surface area contributed by atoms with E-state index in [-0.39, 0.29) is 3.79 Å². The first-order valence-electron chi connectivity index (χ1n) is 2.46. The molecular weight excluding hydrogens is 217 g/mol. The van der Waals surface area contributed by atoms with Gasteiger partial charge in [0.1, 0.15) is 0 Å². The summed E-state index contributed by atoms with van der Waals surface area (Å²) in [5.74, 6) is 0. The van der Waals surface area contributed by atoms with Gasteiger partial charge in [0.2, 0.25) is 0 Å². The first-order chi connectivity index (χ1) is 3.63. The van der Waals surface area contributed by atoms with E-state index in [2.05, 4.69) is 0 Å². The lowest BCUT2D eigenvalue weighted by Gasteiger charge is -2.04. The molecule has 0 aliphatic carbocycles. The van der Waals surface area contributed by atoms with Crippen LogP contribution in [-0.4, -0.2) is 29.3 Å². The van der Waals surface area contributed by atoms with Crippen molar-refractivity contribution in [3.05, 3.63) is 0 Å². The predicted octanol–water partition coefficient (Wildman–Crippen LogP) is 0.900. The van der Waals surface area contributed by atoms with Crippen LogP contribution in [0.3, 0.4) is 0 Å². The zero-order chi connectivity index (χ0) is 6.57. The standard InChI is InChI=1S/C5H10INO/c1-7(2)4-3-5(6)8/h3-4H2,1-2H3. The highest BCUT2D eigenvalue weighted by molar-refractivity contribution is 14.1. The average Bonchev–Trinajstić information content (AvgIpc) is 1.61. The van der Waals surface area contributed by atoms with E-state index in [0.29, 0.717) is 6.42 Å². The lowest BCUT2D eigenvalue weighted by Crippen LogP contribution is -2.14. The van der Waals surface area contributed by atoms with Crippen LogP contribution < -0.4 is 0 Å². The SMILES string of the molecule is CN(C)CCC(=O)I. The molecule has 0 aromatic carbocycles. The Balaban J connectivity index is 3.05. The Morgan fingerprint density at radius 3 is 2.25 bits per heavy atom. The molecule has 0 aliphatic rings. The van der Waals surface area contributed by atoms with Crippen molar-refractivity contribution in [3.8, 4) is 0 Å². The molecule has 8 heavy (non-hydrogen) atoms. The van der Waals surface area contributed by atoms with Crippen LogP contribution in [0.25, 0.3) is 0 Å². The van der Waals surface area contributed by atoms with Crippen LogP contribution in [0.1, 0.15) is 6.42 Å². The van der Waals surface area contributed by atoms with Crippen LogP contribution in [0, 0.1) is 0 Å². The van der Waals surface area contributed by atoms with E-state index >= 15 is 0 Å². The number of carbonyl (C=O) groups is 1. The summed E-state index contributed by atoms with van der Waals surface area (Å²) in [5, 5.41) is 0. The first-order valence-corrected chi connectivity index (χ1v) is 3.54. The van der Waals surface area contributed by atoms with Crippen LogP contribution in [0.2, 0.25) is 0 Å².